The van der Waals surface area contributed by atoms with E-state index in [0.29, 0.717) is 5.56 Å². The Bertz CT molecular complexity index is 1530. The molecule has 0 bridgehead atoms. The number of rotatable bonds is 6. The van der Waals surface area contributed by atoms with Crippen molar-refractivity contribution in [2.45, 2.75) is 16.3 Å². The Balaban J connectivity index is 1.88. The zero-order valence-corrected chi connectivity index (χ0v) is 19.0. The number of benzene rings is 4. The van der Waals surface area contributed by atoms with E-state index in [1.165, 1.54) is 0 Å². The quantitative estimate of drug-likeness (QED) is 0.294. The van der Waals surface area contributed by atoms with Gasteiger partial charge in [0.05, 0.1) is 16.3 Å². The molecule has 0 saturated heterocycles. The molecule has 4 aromatic carbocycles. The molecule has 0 atom stereocenters. The minimum atomic E-state index is -4.79. The van der Waals surface area contributed by atoms with Gasteiger partial charge in [0, 0.05) is 12.1 Å². The van der Waals surface area contributed by atoms with Gasteiger partial charge in [0.25, 0.3) is 20.0 Å². The van der Waals surface area contributed by atoms with E-state index in [2.05, 4.69) is 0 Å². The van der Waals surface area contributed by atoms with Crippen LogP contribution in [0.25, 0.3) is 10.8 Å². The minimum absolute atomic E-state index is 0.238. The standard InChI is InChI=1S/C23H19NO8S2/c25-20-9-7-18(12-22(20)27)33(29,30)24(34(31,32)19-8-10-21(26)23(28)13-19)14-15-5-6-16-3-1-2-4-17(16)11-15/h1-13,25-28H,14H2. The molecule has 0 aliphatic carbocycles. The highest BCUT2D eigenvalue weighted by atomic mass is 32.3. The second kappa shape index (κ2) is 8.52. The smallest absolute Gasteiger partial charge is 0.256 e. The van der Waals surface area contributed by atoms with Crippen molar-refractivity contribution in [2.24, 2.45) is 0 Å². The fraction of sp³-hybridized carbons (Fsp3) is 0.0435. The van der Waals surface area contributed by atoms with Crippen molar-refractivity contribution in [3.63, 3.8) is 0 Å². The molecule has 4 rings (SSSR count). The third-order valence-electron chi connectivity index (χ3n) is 5.15. The second-order valence-corrected chi connectivity index (χ2v) is 11.4. The van der Waals surface area contributed by atoms with Crippen molar-refractivity contribution in [3.05, 3.63) is 84.4 Å². The van der Waals surface area contributed by atoms with Gasteiger partial charge < -0.3 is 20.4 Å². The predicted octanol–water partition coefficient (Wildman–Crippen LogP) is 3.24. The molecule has 0 amide bonds. The Morgan fingerprint density at radius 3 is 1.56 bits per heavy atom. The number of hydrogen-bond donors (Lipinski definition) is 4. The van der Waals surface area contributed by atoms with E-state index in [-0.39, 0.29) is 3.71 Å². The second-order valence-electron chi connectivity index (χ2n) is 7.42. The summed E-state index contributed by atoms with van der Waals surface area (Å²) in [6, 6.07) is 17.5. The van der Waals surface area contributed by atoms with Crippen LogP contribution in [0.5, 0.6) is 23.0 Å². The van der Waals surface area contributed by atoms with Crippen LogP contribution in [0.4, 0.5) is 0 Å². The first kappa shape index (κ1) is 23.4. The lowest BCUT2D eigenvalue weighted by atomic mass is 10.1. The van der Waals surface area contributed by atoms with Crippen LogP contribution in [-0.4, -0.2) is 41.0 Å². The molecule has 11 heteroatoms. The van der Waals surface area contributed by atoms with E-state index < -0.39 is 59.4 Å². The normalized spacial score (nSPS) is 12.3. The number of phenols is 4. The van der Waals surface area contributed by atoms with E-state index in [1.807, 2.05) is 12.1 Å². The molecule has 4 aromatic rings. The summed E-state index contributed by atoms with van der Waals surface area (Å²) >= 11 is 0. The molecular weight excluding hydrogens is 482 g/mol. The average molecular weight is 502 g/mol. The van der Waals surface area contributed by atoms with E-state index in [0.717, 1.165) is 47.2 Å². The zero-order valence-electron chi connectivity index (χ0n) is 17.4. The molecular formula is C23H19NO8S2. The van der Waals surface area contributed by atoms with Gasteiger partial charge in [-0.2, -0.15) is 0 Å². The van der Waals surface area contributed by atoms with Gasteiger partial charge in [-0.25, -0.2) is 16.8 Å². The fourth-order valence-corrected chi connectivity index (χ4v) is 7.01. The minimum Gasteiger partial charge on any atom is -0.504 e. The number of sulfonamides is 2. The van der Waals surface area contributed by atoms with Gasteiger partial charge in [-0.1, -0.05) is 40.1 Å². The number of phenolic OH excluding ortho intramolecular Hbond substituents is 4. The molecule has 9 nitrogen and oxygen atoms in total. The number of aromatic hydroxyl groups is 4. The molecule has 0 radical (unpaired) electrons. The molecule has 34 heavy (non-hydrogen) atoms. The van der Waals surface area contributed by atoms with Crippen molar-refractivity contribution in [1.29, 1.82) is 0 Å². The topological polar surface area (TPSA) is 152 Å². The number of nitrogens with zero attached hydrogens (tertiary/aromatic N) is 1. The van der Waals surface area contributed by atoms with E-state index in [4.69, 9.17) is 0 Å². The summed E-state index contributed by atoms with van der Waals surface area (Å²) in [6.07, 6.45) is 0. The van der Waals surface area contributed by atoms with Crippen molar-refractivity contribution < 1.29 is 37.3 Å². The Hall–Kier alpha value is -3.80. The van der Waals surface area contributed by atoms with Crippen molar-refractivity contribution in [1.82, 2.24) is 3.71 Å². The van der Waals surface area contributed by atoms with Gasteiger partial charge in [0.15, 0.2) is 23.0 Å². The van der Waals surface area contributed by atoms with Crippen LogP contribution < -0.4 is 0 Å². The Kier molecular flexibility index (Phi) is 5.86. The van der Waals surface area contributed by atoms with Crippen LogP contribution in [0.3, 0.4) is 0 Å². The largest absolute Gasteiger partial charge is 0.504 e. The van der Waals surface area contributed by atoms with Crippen LogP contribution in [0, 0.1) is 0 Å². The number of hydrogen-bond acceptors (Lipinski definition) is 8. The highest BCUT2D eigenvalue weighted by molar-refractivity contribution is 8.04. The lowest BCUT2D eigenvalue weighted by Crippen LogP contribution is -2.36. The summed E-state index contributed by atoms with van der Waals surface area (Å²) in [7, 11) is -9.58. The monoisotopic (exact) mass is 501 g/mol. The van der Waals surface area contributed by atoms with Gasteiger partial charge in [-0.15, -0.1) is 0 Å². The van der Waals surface area contributed by atoms with Gasteiger partial charge in [-0.05, 0) is 46.7 Å². The van der Waals surface area contributed by atoms with Crippen molar-refractivity contribution >= 4 is 30.8 Å². The summed E-state index contributed by atoms with van der Waals surface area (Å²) in [4.78, 5) is -1.15. The lowest BCUT2D eigenvalue weighted by Gasteiger charge is -2.23. The molecule has 4 N–H and O–H groups in total. The fourth-order valence-electron chi connectivity index (χ4n) is 3.35. The van der Waals surface area contributed by atoms with Gasteiger partial charge in [0.1, 0.15) is 0 Å². The highest BCUT2D eigenvalue weighted by Gasteiger charge is 2.37. The first-order valence-electron chi connectivity index (χ1n) is 9.80. The van der Waals surface area contributed by atoms with Crippen LogP contribution in [-0.2, 0) is 26.6 Å². The summed E-state index contributed by atoms with van der Waals surface area (Å²) < 4.78 is 54.1. The van der Waals surface area contributed by atoms with Crippen molar-refractivity contribution in [2.75, 3.05) is 0 Å². The van der Waals surface area contributed by atoms with Gasteiger partial charge in [0.2, 0.25) is 0 Å². The Morgan fingerprint density at radius 1 is 0.559 bits per heavy atom. The SMILES string of the molecule is O=S(=O)(c1ccc(O)c(O)c1)N(Cc1ccc2ccccc2c1)S(=O)(=O)c1ccc(O)c(O)c1. The Labute approximate surface area is 195 Å². The van der Waals surface area contributed by atoms with Crippen LogP contribution in [0.15, 0.2) is 88.7 Å². The number of fused-ring (bicyclic) bond motifs is 1. The van der Waals surface area contributed by atoms with E-state index >= 15 is 0 Å². The third kappa shape index (κ3) is 4.23. The maximum atomic E-state index is 13.5. The van der Waals surface area contributed by atoms with Gasteiger partial charge in [-0.3, -0.25) is 0 Å². The summed E-state index contributed by atoms with van der Waals surface area (Å²) in [5.74, 6) is -2.64. The molecule has 0 saturated carbocycles. The molecule has 0 spiro atoms. The molecule has 0 heterocycles. The first-order valence-corrected chi connectivity index (χ1v) is 12.7. The molecule has 176 valence electrons. The van der Waals surface area contributed by atoms with Crippen LogP contribution >= 0.6 is 0 Å². The Morgan fingerprint density at radius 2 is 1.06 bits per heavy atom. The average Bonchev–Trinajstić information content (AvgIpc) is 2.80. The zero-order chi connectivity index (χ0) is 24.7. The maximum Gasteiger partial charge on any atom is 0.256 e. The summed E-state index contributed by atoms with van der Waals surface area (Å²) in [5, 5.41) is 40.3. The van der Waals surface area contributed by atoms with E-state index in [9.17, 15) is 37.3 Å². The third-order valence-corrected chi connectivity index (χ3v) is 9.36. The predicted molar refractivity (Wildman–Crippen MR) is 123 cm³/mol. The highest BCUT2D eigenvalue weighted by Crippen LogP contribution is 2.34. The maximum absolute atomic E-state index is 13.5. The van der Waals surface area contributed by atoms with Crippen molar-refractivity contribution in [3.8, 4) is 23.0 Å². The molecule has 0 aliphatic rings. The van der Waals surface area contributed by atoms with Gasteiger partial charge >= 0.3 is 0 Å². The van der Waals surface area contributed by atoms with Crippen LogP contribution in [0.2, 0.25) is 0 Å². The van der Waals surface area contributed by atoms with E-state index in [1.54, 1.807) is 30.3 Å². The molecule has 0 unspecified atom stereocenters. The van der Waals surface area contributed by atoms with Crippen LogP contribution in [0.1, 0.15) is 5.56 Å². The summed E-state index contributed by atoms with van der Waals surface area (Å²) in [6.45, 7) is -0.598. The molecule has 0 fully saturated rings. The molecule has 0 aliphatic heterocycles. The first-order chi connectivity index (χ1) is 16.0. The molecule has 0 aromatic heterocycles. The lowest BCUT2D eigenvalue weighted by molar-refractivity contribution is 0.401. The summed E-state index contributed by atoms with van der Waals surface area (Å²) in [5.41, 5.74) is 0.358.